The minimum Gasteiger partial charge on any atom is -0.396 e. The molecule has 1 aromatic rings. The van der Waals surface area contributed by atoms with Gasteiger partial charge in [0.05, 0.1) is 22.0 Å². The van der Waals surface area contributed by atoms with Crippen LogP contribution >= 0.6 is 15.9 Å². The molecule has 0 aliphatic heterocycles. The molecule has 0 bridgehead atoms. The van der Waals surface area contributed by atoms with Crippen molar-refractivity contribution in [2.45, 2.75) is 19.4 Å². The molecule has 1 unspecified atom stereocenters. The molecular formula is C9H13BrN4O. The Hall–Kier alpha value is -1.30. The highest BCUT2D eigenvalue weighted by molar-refractivity contribution is 9.10. The summed E-state index contributed by atoms with van der Waals surface area (Å²) in [5, 5.41) is 3.10. The van der Waals surface area contributed by atoms with E-state index in [1.54, 1.807) is 12.4 Å². The first-order valence-corrected chi connectivity index (χ1v) is 5.24. The number of carbonyl (C=O) groups is 1. The summed E-state index contributed by atoms with van der Waals surface area (Å²) in [6.45, 7) is 1.86. The number of pyridine rings is 1. The summed E-state index contributed by atoms with van der Waals surface area (Å²) >= 11 is 3.32. The maximum Gasteiger partial charge on any atom is 0.219 e. The highest BCUT2D eigenvalue weighted by atomic mass is 79.9. The number of amides is 1. The molecule has 0 saturated carbocycles. The number of carbonyl (C=O) groups excluding carboxylic acids is 1. The third-order valence-corrected chi connectivity index (χ3v) is 2.43. The molecular weight excluding hydrogens is 260 g/mol. The molecule has 15 heavy (non-hydrogen) atoms. The quantitative estimate of drug-likeness (QED) is 0.765. The van der Waals surface area contributed by atoms with Crippen molar-refractivity contribution in [3.8, 4) is 0 Å². The van der Waals surface area contributed by atoms with Crippen molar-refractivity contribution in [3.63, 3.8) is 0 Å². The Morgan fingerprint density at radius 2 is 2.33 bits per heavy atom. The molecule has 0 saturated heterocycles. The van der Waals surface area contributed by atoms with Crippen molar-refractivity contribution in [1.29, 1.82) is 0 Å². The normalized spacial score (nSPS) is 12.1. The van der Waals surface area contributed by atoms with Crippen molar-refractivity contribution < 1.29 is 4.79 Å². The second kappa shape index (κ2) is 4.97. The summed E-state index contributed by atoms with van der Waals surface area (Å²) < 4.78 is 0.763. The van der Waals surface area contributed by atoms with E-state index >= 15 is 0 Å². The maximum atomic E-state index is 10.7. The van der Waals surface area contributed by atoms with Gasteiger partial charge in [0.2, 0.25) is 5.91 Å². The van der Waals surface area contributed by atoms with E-state index in [9.17, 15) is 4.79 Å². The molecule has 5 nitrogen and oxygen atoms in total. The number of rotatable bonds is 4. The van der Waals surface area contributed by atoms with Gasteiger partial charge in [0.25, 0.3) is 0 Å². The molecule has 0 spiro atoms. The lowest BCUT2D eigenvalue weighted by Gasteiger charge is -2.16. The van der Waals surface area contributed by atoms with Crippen LogP contribution < -0.4 is 16.8 Å². The van der Waals surface area contributed by atoms with Crippen LogP contribution in [0.1, 0.15) is 13.3 Å². The van der Waals surface area contributed by atoms with Crippen LogP contribution in [0.15, 0.2) is 16.9 Å². The van der Waals surface area contributed by atoms with Crippen LogP contribution in [-0.4, -0.2) is 16.9 Å². The molecule has 1 aromatic heterocycles. The summed E-state index contributed by atoms with van der Waals surface area (Å²) in [7, 11) is 0. The first-order valence-electron chi connectivity index (χ1n) is 4.44. The summed E-state index contributed by atoms with van der Waals surface area (Å²) in [6.07, 6.45) is 3.44. The molecule has 0 aromatic carbocycles. The maximum absolute atomic E-state index is 10.7. The zero-order valence-electron chi connectivity index (χ0n) is 8.33. The van der Waals surface area contributed by atoms with E-state index in [4.69, 9.17) is 11.5 Å². The SMILES string of the molecule is CC(CC(N)=O)Nc1c(N)cncc1Br. The molecule has 1 amide bonds. The fourth-order valence-electron chi connectivity index (χ4n) is 1.20. The van der Waals surface area contributed by atoms with E-state index in [1.807, 2.05) is 6.92 Å². The number of aromatic nitrogens is 1. The predicted molar refractivity (Wildman–Crippen MR) is 63.2 cm³/mol. The molecule has 0 fully saturated rings. The number of hydrogen-bond donors (Lipinski definition) is 3. The Balaban J connectivity index is 2.76. The smallest absolute Gasteiger partial charge is 0.219 e. The Morgan fingerprint density at radius 1 is 1.67 bits per heavy atom. The van der Waals surface area contributed by atoms with Gasteiger partial charge in [-0.05, 0) is 22.9 Å². The summed E-state index contributed by atoms with van der Waals surface area (Å²) in [5.41, 5.74) is 12.1. The predicted octanol–water partition coefficient (Wildman–Crippen LogP) is 1.10. The lowest BCUT2D eigenvalue weighted by molar-refractivity contribution is -0.118. The van der Waals surface area contributed by atoms with Gasteiger partial charge in [-0.2, -0.15) is 0 Å². The average molecular weight is 273 g/mol. The lowest BCUT2D eigenvalue weighted by atomic mass is 10.2. The number of halogens is 1. The largest absolute Gasteiger partial charge is 0.396 e. The molecule has 0 aliphatic rings. The van der Waals surface area contributed by atoms with Crippen LogP contribution in [0, 0.1) is 0 Å². The lowest BCUT2D eigenvalue weighted by Crippen LogP contribution is -2.24. The van der Waals surface area contributed by atoms with Crippen molar-refractivity contribution in [1.82, 2.24) is 4.98 Å². The minimum absolute atomic E-state index is 0.0662. The van der Waals surface area contributed by atoms with Gasteiger partial charge in [-0.15, -0.1) is 0 Å². The fourth-order valence-corrected chi connectivity index (χ4v) is 1.66. The molecule has 1 rings (SSSR count). The summed E-state index contributed by atoms with van der Waals surface area (Å²) in [5.74, 6) is -0.348. The van der Waals surface area contributed by atoms with Gasteiger partial charge >= 0.3 is 0 Å². The second-order valence-corrected chi connectivity index (χ2v) is 4.16. The molecule has 5 N–H and O–H groups in total. The number of nitrogen functional groups attached to an aromatic ring is 1. The van der Waals surface area contributed by atoms with E-state index in [1.165, 1.54) is 0 Å². The topological polar surface area (TPSA) is 94.0 Å². The molecule has 82 valence electrons. The Morgan fingerprint density at radius 3 is 2.87 bits per heavy atom. The minimum atomic E-state index is -0.348. The number of hydrogen-bond acceptors (Lipinski definition) is 4. The molecule has 0 radical (unpaired) electrons. The van der Waals surface area contributed by atoms with Crippen LogP contribution in [-0.2, 0) is 4.79 Å². The highest BCUT2D eigenvalue weighted by Crippen LogP contribution is 2.27. The monoisotopic (exact) mass is 272 g/mol. The van der Waals surface area contributed by atoms with Crippen LogP contribution in [0.4, 0.5) is 11.4 Å². The van der Waals surface area contributed by atoms with Crippen molar-refractivity contribution in [3.05, 3.63) is 16.9 Å². The Labute approximate surface area is 96.4 Å². The number of primary amides is 1. The highest BCUT2D eigenvalue weighted by Gasteiger charge is 2.10. The van der Waals surface area contributed by atoms with Crippen LogP contribution in [0.3, 0.4) is 0 Å². The standard InChI is InChI=1S/C9H13BrN4O/c1-5(2-8(12)15)14-9-6(10)3-13-4-7(9)11/h3-5H,2,11H2,1H3,(H2,12,15)(H,13,14). The van der Waals surface area contributed by atoms with E-state index in [0.717, 1.165) is 10.2 Å². The zero-order valence-corrected chi connectivity index (χ0v) is 9.91. The van der Waals surface area contributed by atoms with Gasteiger partial charge in [-0.3, -0.25) is 9.78 Å². The van der Waals surface area contributed by atoms with E-state index in [-0.39, 0.29) is 18.4 Å². The number of nitrogens with one attached hydrogen (secondary N) is 1. The van der Waals surface area contributed by atoms with Gasteiger partial charge < -0.3 is 16.8 Å². The van der Waals surface area contributed by atoms with Gasteiger partial charge in [-0.25, -0.2) is 0 Å². The van der Waals surface area contributed by atoms with E-state index in [0.29, 0.717) is 5.69 Å². The number of nitrogens with zero attached hydrogens (tertiary/aromatic N) is 1. The fraction of sp³-hybridized carbons (Fsp3) is 0.333. The Kier molecular flexibility index (Phi) is 3.90. The van der Waals surface area contributed by atoms with Crippen molar-refractivity contribution >= 4 is 33.2 Å². The van der Waals surface area contributed by atoms with Crippen LogP contribution in [0.5, 0.6) is 0 Å². The van der Waals surface area contributed by atoms with E-state index < -0.39 is 0 Å². The van der Waals surface area contributed by atoms with Gasteiger partial charge in [0.15, 0.2) is 0 Å². The Bertz CT molecular complexity index is 349. The third-order valence-electron chi connectivity index (χ3n) is 1.83. The van der Waals surface area contributed by atoms with Gasteiger partial charge in [0.1, 0.15) is 0 Å². The number of anilines is 2. The number of nitrogens with two attached hydrogens (primary N) is 2. The van der Waals surface area contributed by atoms with E-state index in [2.05, 4.69) is 26.2 Å². The van der Waals surface area contributed by atoms with Gasteiger partial charge in [-0.1, -0.05) is 0 Å². The van der Waals surface area contributed by atoms with Crippen molar-refractivity contribution in [2.75, 3.05) is 11.1 Å². The summed E-state index contributed by atoms with van der Waals surface area (Å²) in [4.78, 5) is 14.6. The second-order valence-electron chi connectivity index (χ2n) is 3.30. The first kappa shape index (κ1) is 11.8. The molecule has 6 heteroatoms. The third kappa shape index (κ3) is 3.39. The van der Waals surface area contributed by atoms with Gasteiger partial charge in [0, 0.05) is 18.7 Å². The molecule has 1 atom stereocenters. The summed E-state index contributed by atoms with van der Waals surface area (Å²) in [6, 6.07) is -0.0662. The van der Waals surface area contributed by atoms with Crippen molar-refractivity contribution in [2.24, 2.45) is 5.73 Å². The van der Waals surface area contributed by atoms with Crippen LogP contribution in [0.25, 0.3) is 0 Å². The van der Waals surface area contributed by atoms with Crippen LogP contribution in [0.2, 0.25) is 0 Å². The molecule has 1 heterocycles. The zero-order chi connectivity index (χ0) is 11.4. The first-order chi connectivity index (χ1) is 7.00. The molecule has 0 aliphatic carbocycles. The average Bonchev–Trinajstić information content (AvgIpc) is 2.10.